The maximum Gasteiger partial charge on any atom is 0.0555 e. The van der Waals surface area contributed by atoms with Gasteiger partial charge in [-0.25, -0.2) is 0 Å². The van der Waals surface area contributed by atoms with E-state index in [-0.39, 0.29) is 6.61 Å². The lowest BCUT2D eigenvalue weighted by Gasteiger charge is -2.05. The summed E-state index contributed by atoms with van der Waals surface area (Å²) in [5.41, 5.74) is 1.34. The Kier molecular flexibility index (Phi) is 8.55. The van der Waals surface area contributed by atoms with Crippen LogP contribution in [0.5, 0.6) is 0 Å². The Bertz CT molecular complexity index is 264. The summed E-state index contributed by atoms with van der Waals surface area (Å²) in [6, 6.07) is 10.5. The summed E-state index contributed by atoms with van der Waals surface area (Å²) in [5, 5.41) is 15.2. The van der Waals surface area contributed by atoms with E-state index >= 15 is 0 Å². The van der Waals surface area contributed by atoms with Crippen molar-refractivity contribution >= 4 is 0 Å². The SMILES string of the molecule is OCCNCCCCCNCc1ccccc1. The lowest BCUT2D eigenvalue weighted by molar-refractivity contribution is 0.292. The van der Waals surface area contributed by atoms with Gasteiger partial charge < -0.3 is 15.7 Å². The zero-order valence-corrected chi connectivity index (χ0v) is 10.5. The van der Waals surface area contributed by atoms with E-state index in [2.05, 4.69) is 34.9 Å². The highest BCUT2D eigenvalue weighted by Crippen LogP contribution is 1.98. The Balaban J connectivity index is 1.85. The summed E-state index contributed by atoms with van der Waals surface area (Å²) in [5.74, 6) is 0. The second-order valence-electron chi connectivity index (χ2n) is 4.20. The molecule has 3 N–H and O–H groups in total. The highest BCUT2D eigenvalue weighted by Gasteiger charge is 1.92. The monoisotopic (exact) mass is 236 g/mol. The van der Waals surface area contributed by atoms with Crippen molar-refractivity contribution in [3.8, 4) is 0 Å². The Morgan fingerprint density at radius 2 is 1.53 bits per heavy atom. The summed E-state index contributed by atoms with van der Waals surface area (Å²) < 4.78 is 0. The number of nitrogens with one attached hydrogen (secondary N) is 2. The fourth-order valence-corrected chi connectivity index (χ4v) is 1.71. The van der Waals surface area contributed by atoms with E-state index < -0.39 is 0 Å². The molecule has 3 heteroatoms. The Hall–Kier alpha value is -0.900. The van der Waals surface area contributed by atoms with Gasteiger partial charge in [-0.3, -0.25) is 0 Å². The molecule has 96 valence electrons. The summed E-state index contributed by atoms with van der Waals surface area (Å²) in [4.78, 5) is 0. The van der Waals surface area contributed by atoms with Gasteiger partial charge in [-0.15, -0.1) is 0 Å². The first-order valence-electron chi connectivity index (χ1n) is 6.49. The lowest BCUT2D eigenvalue weighted by Crippen LogP contribution is -2.20. The van der Waals surface area contributed by atoms with Crippen molar-refractivity contribution < 1.29 is 5.11 Å². The highest BCUT2D eigenvalue weighted by molar-refractivity contribution is 5.14. The first-order valence-corrected chi connectivity index (χ1v) is 6.49. The smallest absolute Gasteiger partial charge is 0.0555 e. The van der Waals surface area contributed by atoms with Crippen molar-refractivity contribution in [1.82, 2.24) is 10.6 Å². The molecule has 1 rings (SSSR count). The van der Waals surface area contributed by atoms with Gasteiger partial charge in [0.2, 0.25) is 0 Å². The number of rotatable bonds is 10. The van der Waals surface area contributed by atoms with Crippen molar-refractivity contribution in [3.63, 3.8) is 0 Å². The third-order valence-electron chi connectivity index (χ3n) is 2.67. The molecule has 0 heterocycles. The van der Waals surface area contributed by atoms with E-state index in [4.69, 9.17) is 5.11 Å². The zero-order chi connectivity index (χ0) is 12.2. The van der Waals surface area contributed by atoms with Crippen LogP contribution in [0.2, 0.25) is 0 Å². The van der Waals surface area contributed by atoms with Crippen LogP contribution in [-0.2, 0) is 6.54 Å². The van der Waals surface area contributed by atoms with E-state index in [0.717, 1.165) is 19.6 Å². The molecular weight excluding hydrogens is 212 g/mol. The predicted molar refractivity (Wildman–Crippen MR) is 72.0 cm³/mol. The minimum absolute atomic E-state index is 0.235. The molecule has 0 atom stereocenters. The number of hydrogen-bond donors (Lipinski definition) is 3. The molecule has 0 aliphatic heterocycles. The first kappa shape index (κ1) is 14.2. The average molecular weight is 236 g/mol. The molecule has 0 saturated carbocycles. The van der Waals surface area contributed by atoms with Crippen LogP contribution in [0.1, 0.15) is 24.8 Å². The molecule has 0 aliphatic rings. The number of aliphatic hydroxyl groups is 1. The van der Waals surface area contributed by atoms with Crippen LogP contribution >= 0.6 is 0 Å². The van der Waals surface area contributed by atoms with Gasteiger partial charge in [-0.1, -0.05) is 36.8 Å². The van der Waals surface area contributed by atoms with Gasteiger partial charge in [0.1, 0.15) is 0 Å². The van der Waals surface area contributed by atoms with Crippen molar-refractivity contribution in [3.05, 3.63) is 35.9 Å². The molecule has 0 fully saturated rings. The van der Waals surface area contributed by atoms with Crippen molar-refractivity contribution in [2.45, 2.75) is 25.8 Å². The third-order valence-corrected chi connectivity index (χ3v) is 2.67. The number of unbranched alkanes of at least 4 members (excludes halogenated alkanes) is 2. The standard InChI is InChI=1S/C14H24N2O/c17-12-11-15-9-5-2-6-10-16-13-14-7-3-1-4-8-14/h1,3-4,7-8,15-17H,2,5-6,9-13H2. The molecule has 0 saturated heterocycles. The molecule has 0 unspecified atom stereocenters. The average Bonchev–Trinajstić information content (AvgIpc) is 2.38. The molecule has 1 aromatic rings. The van der Waals surface area contributed by atoms with Gasteiger partial charge in [0, 0.05) is 13.1 Å². The van der Waals surface area contributed by atoms with Gasteiger partial charge in [0.25, 0.3) is 0 Å². The molecule has 17 heavy (non-hydrogen) atoms. The second kappa shape index (κ2) is 10.3. The Labute approximate surface area is 104 Å². The molecular formula is C14H24N2O. The normalized spacial score (nSPS) is 10.6. The van der Waals surface area contributed by atoms with Gasteiger partial charge in [-0.05, 0) is 31.5 Å². The fourth-order valence-electron chi connectivity index (χ4n) is 1.71. The van der Waals surface area contributed by atoms with E-state index in [1.165, 1.54) is 24.8 Å². The van der Waals surface area contributed by atoms with Crippen molar-refractivity contribution in [1.29, 1.82) is 0 Å². The van der Waals surface area contributed by atoms with E-state index in [1.807, 2.05) is 6.07 Å². The van der Waals surface area contributed by atoms with Crippen molar-refractivity contribution in [2.75, 3.05) is 26.2 Å². The van der Waals surface area contributed by atoms with E-state index in [0.29, 0.717) is 6.54 Å². The fraction of sp³-hybridized carbons (Fsp3) is 0.571. The van der Waals surface area contributed by atoms with Crippen LogP contribution in [0.15, 0.2) is 30.3 Å². The number of aliphatic hydroxyl groups excluding tert-OH is 1. The predicted octanol–water partition coefficient (Wildman–Crippen LogP) is 1.53. The van der Waals surface area contributed by atoms with Crippen LogP contribution in [0.4, 0.5) is 0 Å². The summed E-state index contributed by atoms with van der Waals surface area (Å²) in [6.45, 7) is 4.00. The highest BCUT2D eigenvalue weighted by atomic mass is 16.3. The van der Waals surface area contributed by atoms with Gasteiger partial charge in [0.05, 0.1) is 6.61 Å². The van der Waals surface area contributed by atoms with Crippen LogP contribution in [0.3, 0.4) is 0 Å². The Morgan fingerprint density at radius 1 is 0.824 bits per heavy atom. The molecule has 0 aromatic heterocycles. The molecule has 0 bridgehead atoms. The van der Waals surface area contributed by atoms with E-state index in [9.17, 15) is 0 Å². The largest absolute Gasteiger partial charge is 0.395 e. The van der Waals surface area contributed by atoms with E-state index in [1.54, 1.807) is 0 Å². The van der Waals surface area contributed by atoms with Crippen molar-refractivity contribution in [2.24, 2.45) is 0 Å². The molecule has 1 aromatic carbocycles. The van der Waals surface area contributed by atoms with Crippen LogP contribution in [0, 0.1) is 0 Å². The molecule has 0 radical (unpaired) electrons. The quantitative estimate of drug-likeness (QED) is 0.540. The van der Waals surface area contributed by atoms with Crippen LogP contribution in [0.25, 0.3) is 0 Å². The topological polar surface area (TPSA) is 44.3 Å². The minimum atomic E-state index is 0.235. The summed E-state index contributed by atoms with van der Waals surface area (Å²) >= 11 is 0. The zero-order valence-electron chi connectivity index (χ0n) is 10.5. The second-order valence-corrected chi connectivity index (χ2v) is 4.20. The molecule has 0 spiro atoms. The lowest BCUT2D eigenvalue weighted by atomic mass is 10.2. The van der Waals surface area contributed by atoms with Gasteiger partial charge in [-0.2, -0.15) is 0 Å². The maximum absolute atomic E-state index is 8.57. The van der Waals surface area contributed by atoms with Gasteiger partial charge in [0.15, 0.2) is 0 Å². The first-order chi connectivity index (χ1) is 8.43. The maximum atomic E-state index is 8.57. The Morgan fingerprint density at radius 3 is 2.24 bits per heavy atom. The van der Waals surface area contributed by atoms with Crippen LogP contribution < -0.4 is 10.6 Å². The minimum Gasteiger partial charge on any atom is -0.395 e. The summed E-state index contributed by atoms with van der Waals surface area (Å²) in [6.07, 6.45) is 3.64. The van der Waals surface area contributed by atoms with Gasteiger partial charge >= 0.3 is 0 Å². The molecule has 0 aliphatic carbocycles. The summed E-state index contributed by atoms with van der Waals surface area (Å²) in [7, 11) is 0. The number of benzene rings is 1. The molecule has 3 nitrogen and oxygen atoms in total. The third kappa shape index (κ3) is 7.91. The number of hydrogen-bond acceptors (Lipinski definition) is 3. The molecule has 0 amide bonds. The van der Waals surface area contributed by atoms with Crippen LogP contribution in [-0.4, -0.2) is 31.3 Å².